The second kappa shape index (κ2) is 8.90. The Labute approximate surface area is 175 Å². The molecule has 0 fully saturated rings. The van der Waals surface area contributed by atoms with Gasteiger partial charge in [0.25, 0.3) is 17.7 Å². The van der Waals surface area contributed by atoms with Crippen molar-refractivity contribution < 1.29 is 23.9 Å². The van der Waals surface area contributed by atoms with Crippen LogP contribution in [0, 0.1) is 13.8 Å². The molecule has 0 aliphatic carbocycles. The molecule has 0 aromatic heterocycles. The zero-order valence-corrected chi connectivity index (χ0v) is 17.3. The van der Waals surface area contributed by atoms with Crippen molar-refractivity contribution in [3.63, 3.8) is 0 Å². The molecule has 0 radical (unpaired) electrons. The summed E-state index contributed by atoms with van der Waals surface area (Å²) in [6, 6.07) is 9.86. The summed E-state index contributed by atoms with van der Waals surface area (Å²) >= 11 is 0. The Morgan fingerprint density at radius 2 is 1.63 bits per heavy atom. The molecule has 3 rings (SSSR count). The van der Waals surface area contributed by atoms with Crippen molar-refractivity contribution in [1.29, 1.82) is 0 Å². The summed E-state index contributed by atoms with van der Waals surface area (Å²) < 4.78 is 5.08. The number of ether oxygens (including phenoxy) is 1. The van der Waals surface area contributed by atoms with E-state index in [9.17, 15) is 19.2 Å². The van der Waals surface area contributed by atoms with Gasteiger partial charge in [-0.2, -0.15) is 0 Å². The second-order valence-corrected chi connectivity index (χ2v) is 7.38. The first-order chi connectivity index (χ1) is 14.3. The number of anilines is 1. The number of hydrogen-bond donors (Lipinski definition) is 1. The van der Waals surface area contributed by atoms with Gasteiger partial charge in [0, 0.05) is 12.2 Å². The molecular weight excluding hydrogens is 384 g/mol. The summed E-state index contributed by atoms with van der Waals surface area (Å²) in [5, 5.41) is 2.69. The molecule has 1 N–H and O–H groups in total. The van der Waals surface area contributed by atoms with Crippen LogP contribution in [0.15, 0.2) is 36.4 Å². The van der Waals surface area contributed by atoms with Gasteiger partial charge in [-0.05, 0) is 61.7 Å². The van der Waals surface area contributed by atoms with Crippen LogP contribution >= 0.6 is 0 Å². The Morgan fingerprint density at radius 1 is 0.967 bits per heavy atom. The molecular formula is C23H24N2O5. The smallest absolute Gasteiger partial charge is 0.338 e. The third-order valence-electron chi connectivity index (χ3n) is 4.78. The fourth-order valence-corrected chi connectivity index (χ4v) is 3.40. The molecule has 0 saturated carbocycles. The summed E-state index contributed by atoms with van der Waals surface area (Å²) in [5.41, 5.74) is 3.22. The monoisotopic (exact) mass is 408 g/mol. The number of imide groups is 1. The molecule has 0 bridgehead atoms. The summed E-state index contributed by atoms with van der Waals surface area (Å²) in [6.07, 6.45) is 1.57. The van der Waals surface area contributed by atoms with Crippen molar-refractivity contribution in [2.45, 2.75) is 33.6 Å². The normalized spacial score (nSPS) is 12.7. The van der Waals surface area contributed by atoms with Crippen LogP contribution in [0.5, 0.6) is 0 Å². The number of carbonyl (C=O) groups is 4. The van der Waals surface area contributed by atoms with Crippen LogP contribution in [-0.4, -0.2) is 41.7 Å². The Morgan fingerprint density at radius 3 is 2.30 bits per heavy atom. The van der Waals surface area contributed by atoms with Gasteiger partial charge in [0.2, 0.25) is 0 Å². The number of rotatable bonds is 7. The lowest BCUT2D eigenvalue weighted by Crippen LogP contribution is -2.30. The number of nitrogens with zero attached hydrogens (tertiary/aromatic N) is 1. The maximum absolute atomic E-state index is 12.5. The number of fused-ring (bicyclic) bond motifs is 1. The molecule has 0 saturated heterocycles. The highest BCUT2D eigenvalue weighted by atomic mass is 16.5. The van der Waals surface area contributed by atoms with Gasteiger partial charge in [-0.3, -0.25) is 19.3 Å². The third-order valence-corrected chi connectivity index (χ3v) is 4.78. The zero-order chi connectivity index (χ0) is 21.8. The molecule has 156 valence electrons. The van der Waals surface area contributed by atoms with Gasteiger partial charge < -0.3 is 10.1 Å². The highest BCUT2D eigenvalue weighted by molar-refractivity contribution is 6.22. The number of esters is 1. The molecule has 3 amide bonds. The predicted molar refractivity (Wildman–Crippen MR) is 112 cm³/mol. The van der Waals surface area contributed by atoms with E-state index in [1.807, 2.05) is 39.0 Å². The standard InChI is InChI=1S/C23H24N2O5/c1-4-5-8-25-21(27)18-7-6-16(12-19(18)22(25)28)23(29)30-13-20(26)24-17-10-14(2)9-15(3)11-17/h6-7,9-12H,4-5,8,13H2,1-3H3,(H,24,26). The van der Waals surface area contributed by atoms with E-state index in [-0.39, 0.29) is 22.6 Å². The third kappa shape index (κ3) is 4.56. The van der Waals surface area contributed by atoms with Crippen LogP contribution in [0.1, 0.15) is 62.0 Å². The number of carbonyl (C=O) groups excluding carboxylic acids is 4. The van der Waals surface area contributed by atoms with Crippen molar-refractivity contribution in [3.05, 3.63) is 64.2 Å². The molecule has 1 aliphatic heterocycles. The topological polar surface area (TPSA) is 92.8 Å². The van der Waals surface area contributed by atoms with E-state index >= 15 is 0 Å². The largest absolute Gasteiger partial charge is 0.452 e. The first-order valence-corrected chi connectivity index (χ1v) is 9.85. The molecule has 1 heterocycles. The first kappa shape index (κ1) is 21.2. The fourth-order valence-electron chi connectivity index (χ4n) is 3.40. The molecule has 30 heavy (non-hydrogen) atoms. The van der Waals surface area contributed by atoms with Gasteiger partial charge in [-0.15, -0.1) is 0 Å². The summed E-state index contributed by atoms with van der Waals surface area (Å²) in [4.78, 5) is 50.5. The Bertz CT molecular complexity index is 1010. The molecule has 7 nitrogen and oxygen atoms in total. The highest BCUT2D eigenvalue weighted by Crippen LogP contribution is 2.24. The minimum absolute atomic E-state index is 0.117. The van der Waals surface area contributed by atoms with Gasteiger partial charge in [0.15, 0.2) is 6.61 Å². The maximum atomic E-state index is 12.5. The molecule has 0 unspecified atom stereocenters. The average molecular weight is 408 g/mol. The van der Waals surface area contributed by atoms with E-state index in [4.69, 9.17) is 4.74 Å². The van der Waals surface area contributed by atoms with Gasteiger partial charge in [0.1, 0.15) is 0 Å². The van der Waals surface area contributed by atoms with Crippen LogP contribution in [0.2, 0.25) is 0 Å². The number of aryl methyl sites for hydroxylation is 2. The molecule has 2 aromatic rings. The fraction of sp³-hybridized carbons (Fsp3) is 0.304. The van der Waals surface area contributed by atoms with Gasteiger partial charge in [-0.25, -0.2) is 4.79 Å². The number of amides is 3. The van der Waals surface area contributed by atoms with E-state index < -0.39 is 24.4 Å². The second-order valence-electron chi connectivity index (χ2n) is 7.38. The van der Waals surface area contributed by atoms with Crippen molar-refractivity contribution in [3.8, 4) is 0 Å². The molecule has 7 heteroatoms. The number of hydrogen-bond acceptors (Lipinski definition) is 5. The number of benzene rings is 2. The lowest BCUT2D eigenvalue weighted by atomic mass is 10.1. The predicted octanol–water partition coefficient (Wildman–Crippen LogP) is 3.50. The zero-order valence-electron chi connectivity index (χ0n) is 17.3. The van der Waals surface area contributed by atoms with Gasteiger partial charge >= 0.3 is 5.97 Å². The summed E-state index contributed by atoms with van der Waals surface area (Å²) in [6.45, 7) is 5.71. The highest BCUT2D eigenvalue weighted by Gasteiger charge is 2.35. The minimum atomic E-state index is -0.736. The number of unbranched alkanes of at least 4 members (excludes halogenated alkanes) is 1. The lowest BCUT2D eigenvalue weighted by molar-refractivity contribution is -0.119. The lowest BCUT2D eigenvalue weighted by Gasteiger charge is -2.12. The quantitative estimate of drug-likeness (QED) is 0.559. The minimum Gasteiger partial charge on any atom is -0.452 e. The van der Waals surface area contributed by atoms with Crippen LogP contribution < -0.4 is 5.32 Å². The van der Waals surface area contributed by atoms with Gasteiger partial charge in [0.05, 0.1) is 16.7 Å². The van der Waals surface area contributed by atoms with Crippen molar-refractivity contribution in [2.75, 3.05) is 18.5 Å². The Kier molecular flexibility index (Phi) is 6.30. The summed E-state index contributed by atoms with van der Waals surface area (Å²) in [7, 11) is 0. The Balaban J connectivity index is 1.63. The maximum Gasteiger partial charge on any atom is 0.338 e. The molecule has 0 spiro atoms. The van der Waals surface area contributed by atoms with Crippen LogP contribution in [0.25, 0.3) is 0 Å². The van der Waals surface area contributed by atoms with E-state index in [0.717, 1.165) is 24.0 Å². The van der Waals surface area contributed by atoms with Crippen LogP contribution in [0.4, 0.5) is 5.69 Å². The first-order valence-electron chi connectivity index (χ1n) is 9.85. The SMILES string of the molecule is CCCCN1C(=O)c2ccc(C(=O)OCC(=O)Nc3cc(C)cc(C)c3)cc2C1=O. The van der Waals surface area contributed by atoms with Crippen molar-refractivity contribution >= 4 is 29.4 Å². The van der Waals surface area contributed by atoms with E-state index in [2.05, 4.69) is 5.32 Å². The van der Waals surface area contributed by atoms with Gasteiger partial charge in [-0.1, -0.05) is 19.4 Å². The van der Waals surface area contributed by atoms with E-state index in [0.29, 0.717) is 12.2 Å². The van der Waals surface area contributed by atoms with Crippen LogP contribution in [0.3, 0.4) is 0 Å². The van der Waals surface area contributed by atoms with Crippen molar-refractivity contribution in [2.24, 2.45) is 0 Å². The van der Waals surface area contributed by atoms with E-state index in [1.54, 1.807) is 0 Å². The Hall–Kier alpha value is -3.48. The van der Waals surface area contributed by atoms with Crippen LogP contribution in [-0.2, 0) is 9.53 Å². The molecule has 2 aromatic carbocycles. The van der Waals surface area contributed by atoms with Crippen molar-refractivity contribution in [1.82, 2.24) is 4.90 Å². The molecule has 1 aliphatic rings. The summed E-state index contributed by atoms with van der Waals surface area (Å²) in [5.74, 6) is -1.96. The average Bonchev–Trinajstić information content (AvgIpc) is 2.93. The van der Waals surface area contributed by atoms with E-state index in [1.165, 1.54) is 23.1 Å². The molecule has 0 atom stereocenters. The number of nitrogens with one attached hydrogen (secondary N) is 1.